The third-order valence-electron chi connectivity index (χ3n) is 2.05. The highest BCUT2D eigenvalue weighted by Crippen LogP contribution is 2.22. The lowest BCUT2D eigenvalue weighted by Gasteiger charge is -2.06. The van der Waals surface area contributed by atoms with Crippen LogP contribution in [0.5, 0.6) is 0 Å². The van der Waals surface area contributed by atoms with Gasteiger partial charge in [0.15, 0.2) is 0 Å². The molecule has 0 rings (SSSR count). The Morgan fingerprint density at radius 2 is 1.62 bits per heavy atom. The molecule has 0 aliphatic rings. The zero-order valence-electron chi connectivity index (χ0n) is 9.31. The van der Waals surface area contributed by atoms with Crippen LogP contribution in [0.2, 0.25) is 0 Å². The first kappa shape index (κ1) is 15.7. The molecule has 0 aromatic carbocycles. The quantitative estimate of drug-likeness (QED) is 0.677. The number of alkyl halides is 3. The zero-order chi connectivity index (χ0) is 12.7. The molecule has 16 heavy (non-hydrogen) atoms. The molecule has 0 aliphatic heterocycles. The van der Waals surface area contributed by atoms with E-state index in [1.54, 1.807) is 7.05 Å². The summed E-state index contributed by atoms with van der Waals surface area (Å²) in [6.07, 6.45) is -4.62. The Kier molecular flexibility index (Phi) is 6.98. The first-order valence-electron chi connectivity index (χ1n) is 5.18. The molecule has 0 spiro atoms. The first-order valence-corrected chi connectivity index (χ1v) is 7.01. The molecular weight excluding hydrogens is 243 g/mol. The molecule has 0 bridgehead atoms. The van der Waals surface area contributed by atoms with Gasteiger partial charge in [0.25, 0.3) is 0 Å². The number of rotatable bonds is 8. The van der Waals surface area contributed by atoms with Gasteiger partial charge < -0.3 is 5.32 Å². The SMILES string of the molecule is CNCCCS(=O)(=O)CCCCC(F)(F)F. The molecule has 98 valence electrons. The summed E-state index contributed by atoms with van der Waals surface area (Å²) in [7, 11) is -1.46. The third-order valence-corrected chi connectivity index (χ3v) is 3.87. The van der Waals surface area contributed by atoms with Gasteiger partial charge in [-0.1, -0.05) is 0 Å². The predicted octanol–water partition coefficient (Wildman–Crippen LogP) is 1.74. The van der Waals surface area contributed by atoms with E-state index in [2.05, 4.69) is 5.32 Å². The maximum absolute atomic E-state index is 11.8. The van der Waals surface area contributed by atoms with Crippen LogP contribution in [0, 0.1) is 0 Å². The van der Waals surface area contributed by atoms with Crippen molar-refractivity contribution in [2.45, 2.75) is 31.9 Å². The number of hydrogen-bond donors (Lipinski definition) is 1. The molecule has 0 aromatic heterocycles. The summed E-state index contributed by atoms with van der Waals surface area (Å²) in [6.45, 7) is 0.599. The van der Waals surface area contributed by atoms with Crippen molar-refractivity contribution in [1.29, 1.82) is 0 Å². The van der Waals surface area contributed by atoms with Crippen molar-refractivity contribution in [2.75, 3.05) is 25.1 Å². The fourth-order valence-electron chi connectivity index (χ4n) is 1.22. The molecule has 0 heterocycles. The fraction of sp³-hybridized carbons (Fsp3) is 1.00. The van der Waals surface area contributed by atoms with Crippen molar-refractivity contribution in [3.05, 3.63) is 0 Å². The van der Waals surface area contributed by atoms with Gasteiger partial charge in [-0.15, -0.1) is 0 Å². The van der Waals surface area contributed by atoms with Crippen LogP contribution in [-0.2, 0) is 9.84 Å². The summed E-state index contributed by atoms with van der Waals surface area (Å²) < 4.78 is 57.9. The average Bonchev–Trinajstić information content (AvgIpc) is 2.11. The number of sulfone groups is 1. The Bertz CT molecular complexity index is 275. The molecule has 0 saturated carbocycles. The summed E-state index contributed by atoms with van der Waals surface area (Å²) in [6, 6.07) is 0. The highest BCUT2D eigenvalue weighted by Gasteiger charge is 2.26. The minimum atomic E-state index is -4.18. The van der Waals surface area contributed by atoms with Crippen LogP contribution in [0.4, 0.5) is 13.2 Å². The van der Waals surface area contributed by atoms with Crippen LogP contribution >= 0.6 is 0 Å². The smallest absolute Gasteiger partial charge is 0.320 e. The van der Waals surface area contributed by atoms with Crippen molar-refractivity contribution in [3.8, 4) is 0 Å². The number of nitrogens with one attached hydrogen (secondary N) is 1. The summed E-state index contributed by atoms with van der Waals surface area (Å²) in [5.74, 6) is -0.105. The van der Waals surface area contributed by atoms with Crippen LogP contribution in [0.25, 0.3) is 0 Å². The van der Waals surface area contributed by atoms with E-state index in [0.717, 1.165) is 0 Å². The van der Waals surface area contributed by atoms with Crippen molar-refractivity contribution >= 4 is 9.84 Å². The second-order valence-electron chi connectivity index (χ2n) is 3.68. The molecule has 0 atom stereocenters. The minimum absolute atomic E-state index is 0.0415. The Balaban J connectivity index is 3.67. The van der Waals surface area contributed by atoms with Gasteiger partial charge in [-0.2, -0.15) is 13.2 Å². The normalized spacial score (nSPS) is 13.0. The Morgan fingerprint density at radius 1 is 1.06 bits per heavy atom. The summed E-state index contributed by atoms with van der Waals surface area (Å²) in [5.41, 5.74) is 0. The average molecular weight is 261 g/mol. The monoisotopic (exact) mass is 261 g/mol. The van der Waals surface area contributed by atoms with Gasteiger partial charge in [0, 0.05) is 6.42 Å². The molecule has 0 amide bonds. The van der Waals surface area contributed by atoms with Gasteiger partial charge >= 0.3 is 6.18 Å². The van der Waals surface area contributed by atoms with Gasteiger partial charge in [-0.3, -0.25) is 0 Å². The molecular formula is C9H18F3NO2S. The zero-order valence-corrected chi connectivity index (χ0v) is 10.1. The fourth-order valence-corrected chi connectivity index (χ4v) is 2.65. The van der Waals surface area contributed by atoms with Crippen LogP contribution < -0.4 is 5.32 Å². The van der Waals surface area contributed by atoms with E-state index in [9.17, 15) is 21.6 Å². The van der Waals surface area contributed by atoms with Crippen LogP contribution in [0.1, 0.15) is 25.7 Å². The van der Waals surface area contributed by atoms with Crippen molar-refractivity contribution in [2.24, 2.45) is 0 Å². The van der Waals surface area contributed by atoms with Gasteiger partial charge in [0.2, 0.25) is 0 Å². The lowest BCUT2D eigenvalue weighted by Crippen LogP contribution is -2.17. The molecule has 0 radical (unpaired) electrons. The third kappa shape index (κ3) is 10.2. The van der Waals surface area contributed by atoms with Crippen LogP contribution in [-0.4, -0.2) is 39.7 Å². The lowest BCUT2D eigenvalue weighted by atomic mass is 10.2. The van der Waals surface area contributed by atoms with Gasteiger partial charge in [-0.25, -0.2) is 8.42 Å². The first-order chi connectivity index (χ1) is 7.27. The lowest BCUT2D eigenvalue weighted by molar-refractivity contribution is -0.135. The standard InChI is InChI=1S/C9H18F3NO2S/c1-13-6-4-8-16(14,15)7-3-2-5-9(10,11)12/h13H,2-8H2,1H3. The van der Waals surface area contributed by atoms with E-state index < -0.39 is 22.4 Å². The number of hydrogen-bond acceptors (Lipinski definition) is 3. The van der Waals surface area contributed by atoms with E-state index in [-0.39, 0.29) is 24.3 Å². The van der Waals surface area contributed by atoms with E-state index in [1.807, 2.05) is 0 Å². The number of halogens is 3. The molecule has 0 fully saturated rings. The minimum Gasteiger partial charge on any atom is -0.320 e. The van der Waals surface area contributed by atoms with E-state index in [1.165, 1.54) is 0 Å². The van der Waals surface area contributed by atoms with Gasteiger partial charge in [-0.05, 0) is 32.9 Å². The van der Waals surface area contributed by atoms with Crippen molar-refractivity contribution in [1.82, 2.24) is 5.32 Å². The maximum atomic E-state index is 11.8. The Labute approximate surface area is 94.3 Å². The van der Waals surface area contributed by atoms with E-state index in [4.69, 9.17) is 0 Å². The predicted molar refractivity (Wildman–Crippen MR) is 57.1 cm³/mol. The largest absolute Gasteiger partial charge is 0.389 e. The van der Waals surface area contributed by atoms with E-state index >= 15 is 0 Å². The molecule has 1 N–H and O–H groups in total. The summed E-state index contributed by atoms with van der Waals surface area (Å²) in [5, 5.41) is 2.81. The number of unbranched alkanes of at least 4 members (excludes halogenated alkanes) is 1. The van der Waals surface area contributed by atoms with Crippen molar-refractivity contribution < 1.29 is 21.6 Å². The molecule has 0 aromatic rings. The van der Waals surface area contributed by atoms with Gasteiger partial charge in [0.05, 0.1) is 11.5 Å². The highest BCUT2D eigenvalue weighted by molar-refractivity contribution is 7.91. The summed E-state index contributed by atoms with van der Waals surface area (Å²) >= 11 is 0. The van der Waals surface area contributed by atoms with Gasteiger partial charge in [0.1, 0.15) is 9.84 Å². The van der Waals surface area contributed by atoms with E-state index in [0.29, 0.717) is 13.0 Å². The Morgan fingerprint density at radius 3 is 2.12 bits per heavy atom. The molecule has 0 aliphatic carbocycles. The molecule has 0 saturated heterocycles. The van der Waals surface area contributed by atoms with Crippen LogP contribution in [0.3, 0.4) is 0 Å². The second-order valence-corrected chi connectivity index (χ2v) is 5.98. The van der Waals surface area contributed by atoms with Crippen LogP contribution in [0.15, 0.2) is 0 Å². The van der Waals surface area contributed by atoms with Crippen molar-refractivity contribution in [3.63, 3.8) is 0 Å². The molecule has 7 heteroatoms. The topological polar surface area (TPSA) is 46.2 Å². The molecule has 0 unspecified atom stereocenters. The summed E-state index contributed by atoms with van der Waals surface area (Å²) in [4.78, 5) is 0. The second kappa shape index (κ2) is 7.11. The maximum Gasteiger partial charge on any atom is 0.389 e. The Hall–Kier alpha value is -0.300. The highest BCUT2D eigenvalue weighted by atomic mass is 32.2. The molecule has 3 nitrogen and oxygen atoms in total.